The van der Waals surface area contributed by atoms with Gasteiger partial charge in [-0.05, 0) is 61.0 Å². The first-order valence-corrected chi connectivity index (χ1v) is 11.7. The van der Waals surface area contributed by atoms with E-state index < -0.39 is 10.0 Å². The van der Waals surface area contributed by atoms with E-state index in [0.717, 1.165) is 5.56 Å². The Balaban J connectivity index is 1.39. The van der Waals surface area contributed by atoms with E-state index in [9.17, 15) is 13.2 Å². The van der Waals surface area contributed by atoms with E-state index in [-0.39, 0.29) is 17.2 Å². The fraction of sp³-hybridized carbons (Fsp3) is 0.174. The number of fused-ring (bicyclic) bond motifs is 1. The zero-order valence-electron chi connectivity index (χ0n) is 17.2. The summed E-state index contributed by atoms with van der Waals surface area (Å²) in [6.07, 6.45) is 0.0954. The average Bonchev–Trinajstić information content (AvgIpc) is 2.75. The monoisotopic (exact) mass is 472 g/mol. The Hall–Kier alpha value is -3.23. The molecule has 0 saturated heterocycles. The highest BCUT2D eigenvalue weighted by Gasteiger charge is 2.18. The first-order valence-electron chi connectivity index (χ1n) is 9.87. The molecule has 7 nitrogen and oxygen atoms in total. The summed E-state index contributed by atoms with van der Waals surface area (Å²) in [4.78, 5) is 12.6. The summed E-state index contributed by atoms with van der Waals surface area (Å²) in [5.74, 6) is 0.772. The van der Waals surface area contributed by atoms with E-state index in [1.807, 2.05) is 6.92 Å². The van der Waals surface area contributed by atoms with Crippen molar-refractivity contribution in [2.45, 2.75) is 18.2 Å². The number of sulfonamides is 1. The van der Waals surface area contributed by atoms with Crippen molar-refractivity contribution in [3.63, 3.8) is 0 Å². The number of nitrogens with one attached hydrogen (secondary N) is 2. The molecule has 3 aromatic rings. The molecule has 1 aliphatic heterocycles. The fourth-order valence-corrected chi connectivity index (χ4v) is 4.56. The van der Waals surface area contributed by atoms with Crippen LogP contribution in [0.2, 0.25) is 5.02 Å². The maximum atomic E-state index is 12.5. The summed E-state index contributed by atoms with van der Waals surface area (Å²) in [5.41, 5.74) is 2.60. The van der Waals surface area contributed by atoms with Crippen LogP contribution in [-0.4, -0.2) is 27.5 Å². The molecule has 0 saturated carbocycles. The highest BCUT2D eigenvalue weighted by molar-refractivity contribution is 7.92. The number of hydrogen-bond acceptors (Lipinski definition) is 5. The van der Waals surface area contributed by atoms with Crippen LogP contribution < -0.4 is 19.5 Å². The van der Waals surface area contributed by atoms with Gasteiger partial charge in [0.15, 0.2) is 11.5 Å². The molecule has 1 heterocycles. The number of benzene rings is 3. The molecule has 0 aromatic heterocycles. The average molecular weight is 473 g/mol. The van der Waals surface area contributed by atoms with Gasteiger partial charge in [-0.1, -0.05) is 29.3 Å². The van der Waals surface area contributed by atoms with Gasteiger partial charge >= 0.3 is 0 Å². The van der Waals surface area contributed by atoms with Gasteiger partial charge in [-0.2, -0.15) is 0 Å². The molecule has 0 unspecified atom stereocenters. The van der Waals surface area contributed by atoms with Crippen LogP contribution >= 0.6 is 11.6 Å². The van der Waals surface area contributed by atoms with Crippen molar-refractivity contribution >= 4 is 38.9 Å². The lowest BCUT2D eigenvalue weighted by atomic mass is 10.1. The van der Waals surface area contributed by atoms with E-state index in [2.05, 4.69) is 10.0 Å². The van der Waals surface area contributed by atoms with Crippen LogP contribution in [0.1, 0.15) is 11.1 Å². The van der Waals surface area contributed by atoms with Crippen molar-refractivity contribution in [3.05, 3.63) is 76.8 Å². The number of rotatable bonds is 6. The normalized spacial score (nSPS) is 12.8. The van der Waals surface area contributed by atoms with Gasteiger partial charge in [-0.25, -0.2) is 8.42 Å². The van der Waals surface area contributed by atoms with Crippen LogP contribution in [0.25, 0.3) is 0 Å². The van der Waals surface area contributed by atoms with Crippen molar-refractivity contribution in [2.24, 2.45) is 0 Å². The maximum absolute atomic E-state index is 12.5. The molecular formula is C23H21ClN2O5S. The number of carbonyl (C=O) groups is 1. The third-order valence-electron chi connectivity index (χ3n) is 4.77. The van der Waals surface area contributed by atoms with Crippen molar-refractivity contribution in [1.82, 2.24) is 0 Å². The molecule has 4 rings (SSSR count). The molecule has 2 N–H and O–H groups in total. The molecular weight excluding hydrogens is 452 g/mol. The number of aryl methyl sites for hydroxylation is 1. The molecule has 3 aromatic carbocycles. The zero-order chi connectivity index (χ0) is 22.7. The lowest BCUT2D eigenvalue weighted by molar-refractivity contribution is -0.115. The Morgan fingerprint density at radius 2 is 1.62 bits per heavy atom. The van der Waals surface area contributed by atoms with Crippen LogP contribution in [0.4, 0.5) is 11.4 Å². The van der Waals surface area contributed by atoms with E-state index >= 15 is 0 Å². The molecule has 0 atom stereocenters. The molecule has 0 aliphatic carbocycles. The van der Waals surface area contributed by atoms with Crippen LogP contribution in [0, 0.1) is 6.92 Å². The predicted molar refractivity (Wildman–Crippen MR) is 123 cm³/mol. The second kappa shape index (κ2) is 9.10. The highest BCUT2D eigenvalue weighted by atomic mass is 35.5. The second-order valence-electron chi connectivity index (χ2n) is 7.32. The minimum absolute atomic E-state index is 0.0954. The SMILES string of the molecule is Cc1ccc(S(=O)(=O)Nc2ccc(NC(=O)Cc3cc(Cl)c4c(c3)OCCO4)cc2)cc1. The Morgan fingerprint density at radius 3 is 2.34 bits per heavy atom. The van der Waals surface area contributed by atoms with Gasteiger partial charge in [0, 0.05) is 11.4 Å². The molecule has 1 amide bonds. The Morgan fingerprint density at radius 1 is 0.969 bits per heavy atom. The quantitative estimate of drug-likeness (QED) is 0.554. The van der Waals surface area contributed by atoms with Gasteiger partial charge in [-0.15, -0.1) is 0 Å². The molecule has 0 spiro atoms. The van der Waals surface area contributed by atoms with Crippen LogP contribution in [0.15, 0.2) is 65.6 Å². The van der Waals surface area contributed by atoms with E-state index in [4.69, 9.17) is 21.1 Å². The Labute approximate surface area is 191 Å². The largest absolute Gasteiger partial charge is 0.486 e. The molecule has 166 valence electrons. The van der Waals surface area contributed by atoms with Crippen LogP contribution in [0.3, 0.4) is 0 Å². The number of halogens is 1. The first kappa shape index (κ1) is 22.0. The molecule has 1 aliphatic rings. The van der Waals surface area contributed by atoms with Gasteiger partial charge in [0.1, 0.15) is 13.2 Å². The molecule has 0 fully saturated rings. The number of hydrogen-bond donors (Lipinski definition) is 2. The smallest absolute Gasteiger partial charge is 0.261 e. The van der Waals surface area contributed by atoms with Crippen molar-refractivity contribution in [2.75, 3.05) is 23.3 Å². The van der Waals surface area contributed by atoms with Crippen molar-refractivity contribution in [1.29, 1.82) is 0 Å². The predicted octanol–water partition coefficient (Wildman–Crippen LogP) is 4.40. The molecule has 0 bridgehead atoms. The lowest BCUT2D eigenvalue weighted by Gasteiger charge is -2.20. The highest BCUT2D eigenvalue weighted by Crippen LogP contribution is 2.38. The van der Waals surface area contributed by atoms with Gasteiger partial charge < -0.3 is 14.8 Å². The van der Waals surface area contributed by atoms with E-state index in [1.54, 1.807) is 60.7 Å². The van der Waals surface area contributed by atoms with Gasteiger partial charge in [0.25, 0.3) is 10.0 Å². The third kappa shape index (κ3) is 5.15. The van der Waals surface area contributed by atoms with Crippen LogP contribution in [-0.2, 0) is 21.2 Å². The zero-order valence-corrected chi connectivity index (χ0v) is 18.8. The minimum Gasteiger partial charge on any atom is -0.486 e. The number of ether oxygens (including phenoxy) is 2. The summed E-state index contributed by atoms with van der Waals surface area (Å²) in [6.45, 7) is 2.75. The van der Waals surface area contributed by atoms with Crippen molar-refractivity contribution < 1.29 is 22.7 Å². The van der Waals surface area contributed by atoms with Crippen molar-refractivity contribution in [3.8, 4) is 11.5 Å². The third-order valence-corrected chi connectivity index (χ3v) is 6.45. The fourth-order valence-electron chi connectivity index (χ4n) is 3.21. The van der Waals surface area contributed by atoms with E-state index in [0.29, 0.717) is 46.7 Å². The van der Waals surface area contributed by atoms with Crippen LogP contribution in [0.5, 0.6) is 11.5 Å². The second-order valence-corrected chi connectivity index (χ2v) is 9.41. The van der Waals surface area contributed by atoms with E-state index in [1.165, 1.54) is 0 Å². The summed E-state index contributed by atoms with van der Waals surface area (Å²) >= 11 is 6.22. The van der Waals surface area contributed by atoms with Gasteiger partial charge in [0.05, 0.1) is 16.3 Å². The summed E-state index contributed by atoms with van der Waals surface area (Å²) in [5, 5.41) is 3.18. The van der Waals surface area contributed by atoms with Gasteiger partial charge in [-0.3, -0.25) is 9.52 Å². The van der Waals surface area contributed by atoms with Gasteiger partial charge in [0.2, 0.25) is 5.91 Å². The summed E-state index contributed by atoms with van der Waals surface area (Å²) in [7, 11) is -3.69. The standard InChI is InChI=1S/C23H21ClN2O5S/c1-15-2-8-19(9-3-15)32(28,29)26-18-6-4-17(5-7-18)25-22(27)14-16-12-20(24)23-21(13-16)30-10-11-31-23/h2-9,12-13,26H,10-11,14H2,1H3,(H,25,27). The molecule has 32 heavy (non-hydrogen) atoms. The molecule has 0 radical (unpaired) electrons. The Bertz CT molecular complexity index is 1240. The number of amides is 1. The maximum Gasteiger partial charge on any atom is 0.261 e. The Kier molecular flexibility index (Phi) is 6.25. The lowest BCUT2D eigenvalue weighted by Crippen LogP contribution is -2.17. The molecule has 9 heteroatoms. The summed E-state index contributed by atoms with van der Waals surface area (Å²) < 4.78 is 38.5. The summed E-state index contributed by atoms with van der Waals surface area (Å²) in [6, 6.07) is 16.4. The minimum atomic E-state index is -3.69. The first-order chi connectivity index (χ1) is 15.3. The number of anilines is 2. The topological polar surface area (TPSA) is 93.7 Å². The number of carbonyl (C=O) groups excluding carboxylic acids is 1.